The van der Waals surface area contributed by atoms with Crippen LogP contribution in [0, 0.1) is 12.7 Å². The molecule has 0 aliphatic carbocycles. The zero-order valence-electron chi connectivity index (χ0n) is 22.3. The fourth-order valence-corrected chi connectivity index (χ4v) is 6.34. The number of para-hydroxylation sites is 2. The standard InChI is InChI=1S/C31H30FN5O2S/c1-18-28(21-9-7-19(8-10-21)20-13-15-37(2)16-14-20)40-31(33-18)30(39)36-27(23-17-22(32)11-12-26(23)38)29-34-24-5-3-4-6-25(24)35-29/h3-12,17,20,27,38H,13-16H2,1-2H3,(H,34,35)(H,36,39). The molecule has 204 valence electrons. The highest BCUT2D eigenvalue weighted by atomic mass is 32.1. The smallest absolute Gasteiger partial charge is 0.281 e. The van der Waals surface area contributed by atoms with Crippen LogP contribution in [0.5, 0.6) is 5.75 Å². The number of nitrogens with zero attached hydrogens (tertiary/aromatic N) is 3. The Balaban J connectivity index is 1.27. The number of halogens is 1. The monoisotopic (exact) mass is 555 g/mol. The lowest BCUT2D eigenvalue weighted by atomic mass is 9.89. The first-order valence-electron chi connectivity index (χ1n) is 13.4. The summed E-state index contributed by atoms with van der Waals surface area (Å²) in [5.74, 6) is -0.152. The molecule has 7 nitrogen and oxygen atoms in total. The first-order chi connectivity index (χ1) is 19.4. The molecule has 0 bridgehead atoms. The van der Waals surface area contributed by atoms with E-state index in [1.165, 1.54) is 35.1 Å². The predicted octanol–water partition coefficient (Wildman–Crippen LogP) is 6.17. The molecule has 0 radical (unpaired) electrons. The number of likely N-dealkylation sites (tertiary alicyclic amines) is 1. The van der Waals surface area contributed by atoms with Crippen LogP contribution in [0.4, 0.5) is 4.39 Å². The number of carbonyl (C=O) groups is 1. The summed E-state index contributed by atoms with van der Waals surface area (Å²) in [4.78, 5) is 29.2. The lowest BCUT2D eigenvalue weighted by molar-refractivity contribution is 0.0941. The first kappa shape index (κ1) is 26.2. The minimum Gasteiger partial charge on any atom is -0.508 e. The molecular formula is C31H30FN5O2S. The van der Waals surface area contributed by atoms with E-state index in [9.17, 15) is 14.3 Å². The number of thiazole rings is 1. The minimum absolute atomic E-state index is 0.145. The van der Waals surface area contributed by atoms with Crippen molar-refractivity contribution in [2.24, 2.45) is 0 Å². The number of imidazole rings is 1. The average molecular weight is 556 g/mol. The molecule has 9 heteroatoms. The molecule has 1 aliphatic heterocycles. The van der Waals surface area contributed by atoms with Gasteiger partial charge in [-0.3, -0.25) is 4.79 Å². The molecule has 1 atom stereocenters. The third-order valence-electron chi connectivity index (χ3n) is 7.61. The number of phenolic OH excluding ortho intramolecular Hbond substituents is 1. The molecule has 6 rings (SSSR count). The number of aromatic hydroxyl groups is 1. The second-order valence-corrected chi connectivity index (χ2v) is 11.4. The molecule has 1 unspecified atom stereocenters. The maximum Gasteiger partial charge on any atom is 0.281 e. The van der Waals surface area contributed by atoms with E-state index in [0.29, 0.717) is 17.3 Å². The number of benzene rings is 3. The van der Waals surface area contributed by atoms with Crippen molar-refractivity contribution in [3.8, 4) is 16.2 Å². The summed E-state index contributed by atoms with van der Waals surface area (Å²) in [6, 6.07) is 18.8. The number of nitrogens with one attached hydrogen (secondary N) is 2. The fraction of sp³-hybridized carbons (Fsp3) is 0.258. The molecule has 1 aliphatic rings. The lowest BCUT2D eigenvalue weighted by Gasteiger charge is -2.29. The van der Waals surface area contributed by atoms with Gasteiger partial charge in [0.25, 0.3) is 5.91 Å². The van der Waals surface area contributed by atoms with E-state index in [1.54, 1.807) is 0 Å². The van der Waals surface area contributed by atoms with Crippen LogP contribution < -0.4 is 5.32 Å². The number of aryl methyl sites for hydroxylation is 1. The topological polar surface area (TPSA) is 94.1 Å². The van der Waals surface area contributed by atoms with E-state index < -0.39 is 17.8 Å². The SMILES string of the molecule is Cc1nc(C(=O)NC(c2nc3ccccc3[nH]2)c2cc(F)ccc2O)sc1-c1ccc(C2CCN(C)CC2)cc1. The van der Waals surface area contributed by atoms with Gasteiger partial charge in [0.15, 0.2) is 5.01 Å². The van der Waals surface area contributed by atoms with Gasteiger partial charge < -0.3 is 20.3 Å². The van der Waals surface area contributed by atoms with E-state index in [2.05, 4.69) is 56.5 Å². The number of hydrogen-bond donors (Lipinski definition) is 3. The van der Waals surface area contributed by atoms with Crippen LogP contribution in [0.25, 0.3) is 21.5 Å². The Morgan fingerprint density at radius 1 is 1.10 bits per heavy atom. The van der Waals surface area contributed by atoms with Crippen molar-refractivity contribution in [3.63, 3.8) is 0 Å². The summed E-state index contributed by atoms with van der Waals surface area (Å²) >= 11 is 1.31. The third-order valence-corrected chi connectivity index (χ3v) is 8.82. The number of carbonyl (C=O) groups excluding carboxylic acids is 1. The van der Waals surface area contributed by atoms with Crippen LogP contribution in [0.2, 0.25) is 0 Å². The first-order valence-corrected chi connectivity index (χ1v) is 14.2. The fourth-order valence-electron chi connectivity index (χ4n) is 5.36. The molecule has 2 aromatic heterocycles. The maximum absolute atomic E-state index is 14.2. The third kappa shape index (κ3) is 5.22. The van der Waals surface area contributed by atoms with Crippen LogP contribution in [0.1, 0.15) is 57.2 Å². The molecule has 40 heavy (non-hydrogen) atoms. The van der Waals surface area contributed by atoms with E-state index in [-0.39, 0.29) is 16.3 Å². The predicted molar refractivity (Wildman–Crippen MR) is 155 cm³/mol. The molecule has 3 heterocycles. The van der Waals surface area contributed by atoms with Crippen molar-refractivity contribution >= 4 is 28.3 Å². The van der Waals surface area contributed by atoms with E-state index in [0.717, 1.165) is 47.6 Å². The number of piperidine rings is 1. The molecule has 1 saturated heterocycles. The van der Waals surface area contributed by atoms with E-state index in [1.807, 2.05) is 31.2 Å². The molecule has 3 aromatic carbocycles. The number of aromatic nitrogens is 3. The molecule has 0 spiro atoms. The highest BCUT2D eigenvalue weighted by molar-refractivity contribution is 7.17. The van der Waals surface area contributed by atoms with Gasteiger partial charge >= 0.3 is 0 Å². The number of amides is 1. The van der Waals surface area contributed by atoms with Gasteiger partial charge in [0, 0.05) is 5.56 Å². The average Bonchev–Trinajstić information content (AvgIpc) is 3.57. The zero-order valence-corrected chi connectivity index (χ0v) is 23.1. The minimum atomic E-state index is -0.919. The summed E-state index contributed by atoms with van der Waals surface area (Å²) in [7, 11) is 2.17. The zero-order chi connectivity index (χ0) is 27.8. The highest BCUT2D eigenvalue weighted by Gasteiger charge is 2.27. The molecule has 1 amide bonds. The van der Waals surface area contributed by atoms with Gasteiger partial charge in [-0.2, -0.15) is 0 Å². The second-order valence-electron chi connectivity index (χ2n) is 10.4. The Kier molecular flexibility index (Phi) is 7.08. The second kappa shape index (κ2) is 10.8. The van der Waals surface area contributed by atoms with Crippen LogP contribution in [-0.4, -0.2) is 51.0 Å². The molecule has 0 saturated carbocycles. The number of H-pyrrole nitrogens is 1. The van der Waals surface area contributed by atoms with Crippen molar-refractivity contribution in [2.45, 2.75) is 31.7 Å². The van der Waals surface area contributed by atoms with Crippen molar-refractivity contribution in [1.82, 2.24) is 25.2 Å². The van der Waals surface area contributed by atoms with Gasteiger partial charge in [0.2, 0.25) is 0 Å². The Hall–Kier alpha value is -4.08. The van der Waals surface area contributed by atoms with E-state index >= 15 is 0 Å². The van der Waals surface area contributed by atoms with Crippen LogP contribution in [0.15, 0.2) is 66.7 Å². The maximum atomic E-state index is 14.2. The van der Waals surface area contributed by atoms with Gasteiger partial charge in [-0.15, -0.1) is 11.3 Å². The number of hydrogen-bond acceptors (Lipinski definition) is 6. The lowest BCUT2D eigenvalue weighted by Crippen LogP contribution is -2.30. The largest absolute Gasteiger partial charge is 0.508 e. The van der Waals surface area contributed by atoms with Gasteiger partial charge in [-0.25, -0.2) is 14.4 Å². The summed E-state index contributed by atoms with van der Waals surface area (Å²) < 4.78 is 14.2. The number of aromatic amines is 1. The van der Waals surface area contributed by atoms with Gasteiger partial charge in [-0.05, 0) is 87.3 Å². The molecular weight excluding hydrogens is 525 g/mol. The summed E-state index contributed by atoms with van der Waals surface area (Å²) in [5, 5.41) is 13.8. The van der Waals surface area contributed by atoms with Crippen LogP contribution in [0.3, 0.4) is 0 Å². The number of phenols is 1. The number of fused-ring (bicyclic) bond motifs is 1. The quantitative estimate of drug-likeness (QED) is 0.233. The Bertz CT molecular complexity index is 1640. The summed E-state index contributed by atoms with van der Waals surface area (Å²) in [5.41, 5.74) is 4.79. The molecule has 5 aromatic rings. The highest BCUT2D eigenvalue weighted by Crippen LogP contribution is 2.35. The van der Waals surface area contributed by atoms with Gasteiger partial charge in [-0.1, -0.05) is 36.4 Å². The molecule has 3 N–H and O–H groups in total. The van der Waals surface area contributed by atoms with Crippen molar-refractivity contribution in [3.05, 3.63) is 100 Å². The van der Waals surface area contributed by atoms with Crippen molar-refractivity contribution < 1.29 is 14.3 Å². The Morgan fingerprint density at radius 2 is 1.85 bits per heavy atom. The normalized spacial score (nSPS) is 15.4. The summed E-state index contributed by atoms with van der Waals surface area (Å²) in [6.07, 6.45) is 2.32. The molecule has 1 fully saturated rings. The summed E-state index contributed by atoms with van der Waals surface area (Å²) in [6.45, 7) is 4.12. The van der Waals surface area contributed by atoms with E-state index in [4.69, 9.17) is 0 Å². The Morgan fingerprint density at radius 3 is 2.60 bits per heavy atom. The van der Waals surface area contributed by atoms with Crippen LogP contribution in [-0.2, 0) is 0 Å². The van der Waals surface area contributed by atoms with Gasteiger partial charge in [0.1, 0.15) is 23.4 Å². The van der Waals surface area contributed by atoms with Crippen molar-refractivity contribution in [1.29, 1.82) is 0 Å². The number of rotatable bonds is 6. The Labute approximate surface area is 235 Å². The van der Waals surface area contributed by atoms with Gasteiger partial charge in [0.05, 0.1) is 21.6 Å². The van der Waals surface area contributed by atoms with Crippen LogP contribution >= 0.6 is 11.3 Å². The van der Waals surface area contributed by atoms with Crippen molar-refractivity contribution in [2.75, 3.05) is 20.1 Å².